The summed E-state index contributed by atoms with van der Waals surface area (Å²) in [6.07, 6.45) is 0. The summed E-state index contributed by atoms with van der Waals surface area (Å²) in [4.78, 5) is 11.9. The molecular weight excluding hydrogens is 302 g/mol. The molecule has 0 aliphatic heterocycles. The molecule has 2 rings (SSSR count). The molecule has 0 bridgehead atoms. The minimum Gasteiger partial charge on any atom is -0.392 e. The summed E-state index contributed by atoms with van der Waals surface area (Å²) < 4.78 is 0. The number of halogens is 1. The van der Waals surface area contributed by atoms with Crippen molar-refractivity contribution in [2.75, 3.05) is 17.2 Å². The molecule has 0 atom stereocenters. The second-order valence-electron chi connectivity index (χ2n) is 4.57. The van der Waals surface area contributed by atoms with Crippen LogP contribution in [0.15, 0.2) is 42.5 Å². The van der Waals surface area contributed by atoms with Gasteiger partial charge < -0.3 is 15.7 Å². The van der Waals surface area contributed by atoms with E-state index in [0.29, 0.717) is 16.3 Å². The topological polar surface area (TPSA) is 85.2 Å². The van der Waals surface area contributed by atoms with E-state index in [0.717, 1.165) is 11.3 Å². The molecule has 0 saturated carbocycles. The molecule has 22 heavy (non-hydrogen) atoms. The van der Waals surface area contributed by atoms with Gasteiger partial charge in [-0.1, -0.05) is 23.7 Å². The fraction of sp³-hybridized carbons (Fsp3) is 0.125. The van der Waals surface area contributed by atoms with E-state index in [9.17, 15) is 4.79 Å². The largest absolute Gasteiger partial charge is 0.392 e. The predicted molar refractivity (Wildman–Crippen MR) is 85.7 cm³/mol. The molecule has 0 unspecified atom stereocenters. The summed E-state index contributed by atoms with van der Waals surface area (Å²) in [5, 5.41) is 23.8. The minimum absolute atomic E-state index is 0.0501. The minimum atomic E-state index is -0.241. The van der Waals surface area contributed by atoms with Crippen LogP contribution in [0.1, 0.15) is 11.1 Å². The number of anilines is 2. The van der Waals surface area contributed by atoms with E-state index in [2.05, 4.69) is 10.6 Å². The average molecular weight is 316 g/mol. The number of benzene rings is 2. The third-order valence-corrected chi connectivity index (χ3v) is 3.25. The number of rotatable bonds is 5. The van der Waals surface area contributed by atoms with Crippen LogP contribution in [-0.4, -0.2) is 17.6 Å². The predicted octanol–water partition coefficient (Wildman–Crippen LogP) is 2.75. The van der Waals surface area contributed by atoms with Gasteiger partial charge in [0.15, 0.2) is 0 Å². The SMILES string of the molecule is N#Cc1ccc(NC(=O)CNc2cccc(CO)c2)cc1Cl. The van der Waals surface area contributed by atoms with Gasteiger partial charge in [0, 0.05) is 11.4 Å². The number of carbonyl (C=O) groups excluding carboxylic acids is 1. The van der Waals surface area contributed by atoms with Crippen molar-refractivity contribution in [3.8, 4) is 6.07 Å². The van der Waals surface area contributed by atoms with Crippen molar-refractivity contribution >= 4 is 28.9 Å². The van der Waals surface area contributed by atoms with Gasteiger partial charge in [-0.05, 0) is 35.9 Å². The zero-order chi connectivity index (χ0) is 15.9. The highest BCUT2D eigenvalue weighted by molar-refractivity contribution is 6.32. The highest BCUT2D eigenvalue weighted by Crippen LogP contribution is 2.20. The molecule has 0 aliphatic carbocycles. The van der Waals surface area contributed by atoms with Gasteiger partial charge in [0.2, 0.25) is 5.91 Å². The fourth-order valence-electron chi connectivity index (χ4n) is 1.85. The number of nitrogens with one attached hydrogen (secondary N) is 2. The Labute approximate surface area is 133 Å². The van der Waals surface area contributed by atoms with Crippen molar-refractivity contribution in [1.29, 1.82) is 5.26 Å². The molecule has 2 aromatic rings. The monoisotopic (exact) mass is 315 g/mol. The van der Waals surface area contributed by atoms with Gasteiger partial charge >= 0.3 is 0 Å². The van der Waals surface area contributed by atoms with E-state index in [1.54, 1.807) is 30.3 Å². The molecule has 112 valence electrons. The van der Waals surface area contributed by atoms with Crippen LogP contribution in [0.4, 0.5) is 11.4 Å². The zero-order valence-corrected chi connectivity index (χ0v) is 12.4. The number of aliphatic hydroxyl groups excluding tert-OH is 1. The average Bonchev–Trinajstić information content (AvgIpc) is 2.53. The van der Waals surface area contributed by atoms with E-state index in [-0.39, 0.29) is 19.1 Å². The maximum Gasteiger partial charge on any atom is 0.243 e. The van der Waals surface area contributed by atoms with Crippen molar-refractivity contribution in [3.63, 3.8) is 0 Å². The van der Waals surface area contributed by atoms with Crippen molar-refractivity contribution in [3.05, 3.63) is 58.6 Å². The lowest BCUT2D eigenvalue weighted by Gasteiger charge is -2.09. The van der Waals surface area contributed by atoms with Crippen LogP contribution in [0, 0.1) is 11.3 Å². The molecule has 5 nitrogen and oxygen atoms in total. The highest BCUT2D eigenvalue weighted by atomic mass is 35.5. The lowest BCUT2D eigenvalue weighted by atomic mass is 10.2. The number of hydrogen-bond acceptors (Lipinski definition) is 4. The van der Waals surface area contributed by atoms with Crippen molar-refractivity contribution in [1.82, 2.24) is 0 Å². The molecule has 0 saturated heterocycles. The Kier molecular flexibility index (Phi) is 5.37. The first-order valence-corrected chi connectivity index (χ1v) is 6.93. The van der Waals surface area contributed by atoms with Crippen molar-refractivity contribution < 1.29 is 9.90 Å². The Balaban J connectivity index is 1.93. The molecular formula is C16H14ClN3O2. The number of nitriles is 1. The van der Waals surface area contributed by atoms with Gasteiger partial charge in [-0.3, -0.25) is 4.79 Å². The van der Waals surface area contributed by atoms with Crippen LogP contribution >= 0.6 is 11.6 Å². The van der Waals surface area contributed by atoms with Crippen LogP contribution in [0.3, 0.4) is 0 Å². The number of hydrogen-bond donors (Lipinski definition) is 3. The standard InChI is InChI=1S/C16H14ClN3O2/c17-15-7-14(5-4-12(15)8-18)20-16(22)9-19-13-3-1-2-11(6-13)10-21/h1-7,19,21H,9-10H2,(H,20,22). The molecule has 3 N–H and O–H groups in total. The van der Waals surface area contributed by atoms with Crippen LogP contribution in [0.2, 0.25) is 5.02 Å². The Hall–Kier alpha value is -2.55. The smallest absolute Gasteiger partial charge is 0.243 e. The Morgan fingerprint density at radius 1 is 1.23 bits per heavy atom. The van der Waals surface area contributed by atoms with E-state index < -0.39 is 0 Å². The third kappa shape index (κ3) is 4.22. The van der Waals surface area contributed by atoms with E-state index >= 15 is 0 Å². The summed E-state index contributed by atoms with van der Waals surface area (Å²) in [5.74, 6) is -0.241. The van der Waals surface area contributed by atoms with Crippen LogP contribution < -0.4 is 10.6 Å². The molecule has 0 aromatic heterocycles. The first kappa shape index (κ1) is 15.8. The van der Waals surface area contributed by atoms with Gasteiger partial charge in [0.25, 0.3) is 0 Å². The van der Waals surface area contributed by atoms with Gasteiger partial charge in [-0.25, -0.2) is 0 Å². The molecule has 6 heteroatoms. The first-order valence-electron chi connectivity index (χ1n) is 6.55. The second-order valence-corrected chi connectivity index (χ2v) is 4.97. The molecule has 0 radical (unpaired) electrons. The van der Waals surface area contributed by atoms with E-state index in [4.69, 9.17) is 22.0 Å². The summed E-state index contributed by atoms with van der Waals surface area (Å²) in [7, 11) is 0. The van der Waals surface area contributed by atoms with E-state index in [1.165, 1.54) is 6.07 Å². The normalized spacial score (nSPS) is 9.86. The number of nitrogens with zero attached hydrogens (tertiary/aromatic N) is 1. The molecule has 1 amide bonds. The highest BCUT2D eigenvalue weighted by Gasteiger charge is 2.05. The van der Waals surface area contributed by atoms with Crippen molar-refractivity contribution in [2.24, 2.45) is 0 Å². The number of aliphatic hydroxyl groups is 1. The van der Waals surface area contributed by atoms with Crippen LogP contribution in [0.25, 0.3) is 0 Å². The fourth-order valence-corrected chi connectivity index (χ4v) is 2.07. The maximum atomic E-state index is 11.9. The summed E-state index contributed by atoms with van der Waals surface area (Å²) in [5.41, 5.74) is 2.40. The maximum absolute atomic E-state index is 11.9. The molecule has 0 fully saturated rings. The quantitative estimate of drug-likeness (QED) is 0.792. The van der Waals surface area contributed by atoms with Gasteiger partial charge in [-0.2, -0.15) is 5.26 Å². The first-order chi connectivity index (χ1) is 10.6. The second kappa shape index (κ2) is 7.46. The Morgan fingerprint density at radius 3 is 2.73 bits per heavy atom. The van der Waals surface area contributed by atoms with E-state index in [1.807, 2.05) is 12.1 Å². The summed E-state index contributed by atoms with van der Waals surface area (Å²) in [6, 6.07) is 13.8. The third-order valence-electron chi connectivity index (χ3n) is 2.94. The zero-order valence-electron chi connectivity index (χ0n) is 11.6. The Bertz CT molecular complexity index is 726. The van der Waals surface area contributed by atoms with Gasteiger partial charge in [-0.15, -0.1) is 0 Å². The van der Waals surface area contributed by atoms with Crippen molar-refractivity contribution in [2.45, 2.75) is 6.61 Å². The lowest BCUT2D eigenvalue weighted by Crippen LogP contribution is -2.21. The van der Waals surface area contributed by atoms with Gasteiger partial charge in [0.1, 0.15) is 6.07 Å². The van der Waals surface area contributed by atoms with Crippen LogP contribution in [0.5, 0.6) is 0 Å². The number of carbonyl (C=O) groups is 1. The Morgan fingerprint density at radius 2 is 2.05 bits per heavy atom. The lowest BCUT2D eigenvalue weighted by molar-refractivity contribution is -0.114. The summed E-state index contributed by atoms with van der Waals surface area (Å²) in [6.45, 7) is 0.0258. The molecule has 0 spiro atoms. The molecule has 0 heterocycles. The molecule has 0 aliphatic rings. The number of amides is 1. The van der Waals surface area contributed by atoms with Crippen LogP contribution in [-0.2, 0) is 11.4 Å². The molecule has 2 aromatic carbocycles. The van der Waals surface area contributed by atoms with Gasteiger partial charge in [0.05, 0.1) is 23.7 Å². The summed E-state index contributed by atoms with van der Waals surface area (Å²) >= 11 is 5.91.